The molecule has 9 rings (SSSR count). The first kappa shape index (κ1) is 101. The summed E-state index contributed by atoms with van der Waals surface area (Å²) in [5.74, 6) is 13.7. The van der Waals surface area contributed by atoms with E-state index >= 15 is 0 Å². The van der Waals surface area contributed by atoms with Gasteiger partial charge in [0.1, 0.15) is 41.3 Å². The summed E-state index contributed by atoms with van der Waals surface area (Å²) in [5, 5.41) is 39.0. The first-order valence-corrected chi connectivity index (χ1v) is 46.9. The first-order valence-electron chi connectivity index (χ1n) is 48.1. The lowest BCUT2D eigenvalue weighted by molar-refractivity contribution is -0.0102. The van der Waals surface area contributed by atoms with E-state index in [0.717, 1.165) is 43.6 Å². The van der Waals surface area contributed by atoms with Crippen LogP contribution in [0.3, 0.4) is 0 Å². The number of aliphatic hydroxyl groups is 5. The van der Waals surface area contributed by atoms with Gasteiger partial charge in [-0.15, -0.1) is 0 Å². The van der Waals surface area contributed by atoms with E-state index in [1.54, 1.807) is 14.2 Å². The third-order valence-corrected chi connectivity index (χ3v) is 24.6. The molecule has 0 spiro atoms. The predicted octanol–water partition coefficient (Wildman–Crippen LogP) is 17.8. The predicted molar refractivity (Wildman–Crippen MR) is 507 cm³/mol. The van der Waals surface area contributed by atoms with Crippen molar-refractivity contribution >= 4 is 31.1 Å². The lowest BCUT2D eigenvalue weighted by Gasteiger charge is -2.37. The molecule has 3 aromatic heterocycles. The number of hydrogen-bond acceptors (Lipinski definition) is 20. The maximum atomic E-state index is 12.8. The number of nitrogens with zero attached hydrogens (tertiary/aromatic N) is 5. The second-order valence-corrected chi connectivity index (χ2v) is 34.3. The topological polar surface area (TPSA) is 357 Å². The monoisotopic (exact) mass is 1880 g/mol. The molecule has 3 aliphatic heterocycles. The molecular formula is C97H150IN8O18P. The summed E-state index contributed by atoms with van der Waals surface area (Å²) in [4.78, 5) is 79.2. The Balaban J connectivity index is 0.000000459. The molecule has 6 heterocycles. The van der Waals surface area contributed by atoms with Gasteiger partial charge < -0.3 is 58.3 Å². The van der Waals surface area contributed by atoms with Crippen LogP contribution in [0.5, 0.6) is 11.5 Å². The number of aliphatic hydroxyl groups excluding tert-OH is 5. The largest absolute Gasteiger partial charge is 0.497 e. The molecule has 0 bridgehead atoms. The van der Waals surface area contributed by atoms with Crippen molar-refractivity contribution in [2.75, 3.05) is 42.2 Å². The summed E-state index contributed by atoms with van der Waals surface area (Å²) in [5.41, 5.74) is 0.674. The molecular weight excluding hydrogens is 1720 g/mol. The number of ether oxygens (including phenoxy) is 5. The van der Waals surface area contributed by atoms with E-state index in [2.05, 4.69) is 162 Å². The number of aromatic nitrogens is 6. The van der Waals surface area contributed by atoms with Crippen molar-refractivity contribution in [3.05, 3.63) is 191 Å². The van der Waals surface area contributed by atoms with Crippen LogP contribution in [-0.2, 0) is 28.7 Å². The molecule has 6 aromatic rings. The Morgan fingerprint density at radius 3 is 1.20 bits per heavy atom. The van der Waals surface area contributed by atoms with Crippen LogP contribution in [0.25, 0.3) is 0 Å². The SMILES string of the molecule is COc1ccc(C(C)(c2ccccc2)c2ccc(OC)cc2)cc1.[2H]CC1OC(n2cc(C#CCCCCCCCCCCCCCCCC)c(=O)[nH]c2=O)CC1O.[2H]CC1OC(n2cc(C#CCCCCCCCCCCCCCCCC)c(=O)[nH]c2=O)CC1OP(OCCC#N)N(C(C)C)C(C)C.[2H]CC1OC(n2cc(I)c(=O)[nH]c2=O)CC1O.[3H]OC.[3H]OC.[3H]OC. The summed E-state index contributed by atoms with van der Waals surface area (Å²) >= 11 is 1.81. The molecule has 0 saturated carbocycles. The minimum Gasteiger partial charge on any atom is -0.497 e. The van der Waals surface area contributed by atoms with Crippen LogP contribution in [0.1, 0.15) is 338 Å². The van der Waals surface area contributed by atoms with Crippen LogP contribution in [0, 0.1) is 38.6 Å². The lowest BCUT2D eigenvalue weighted by Crippen LogP contribution is -2.35. The van der Waals surface area contributed by atoms with Gasteiger partial charge in [0.15, 0.2) is 0 Å². The van der Waals surface area contributed by atoms with Gasteiger partial charge in [0.2, 0.25) is 4.29 Å². The van der Waals surface area contributed by atoms with Crippen molar-refractivity contribution in [2.45, 2.75) is 360 Å². The molecule has 698 valence electrons. The van der Waals surface area contributed by atoms with Gasteiger partial charge in [0.25, 0.3) is 25.2 Å². The molecule has 0 amide bonds. The Morgan fingerprint density at radius 1 is 0.520 bits per heavy atom. The third-order valence-electron chi connectivity index (χ3n) is 21.7. The standard InChI is InChI=1S/C36H61N4O5P.C27H44N2O4.C22H22O2.C9H11IN2O4.3CH4O/c1-7-8-9-10-11-12-13-14-15-16-17-18-19-20-21-22-24-32-28-39(36(42)38-35(32)41)34-27-33(31(6)44-34)45-46(43-26-23-25-37)40(29(2)3)30(4)5;1-3-4-5-6-7-8-9-10-11-12-13-14-15-16-17-18-19-23-21-29(27(32)28-26(23)31)25-20-24(30)22(2)33-25;1-22(17-7-5-4-6-8-17,18-9-13-20(23-2)14-10-18)19-11-15-21(24-3)16-12-19;1-4-6(13)2-7(16-4)12-3-5(10)8(14)11-9(12)15;3*1-2/h28-31,33-34H,7-21,23,26-27H2,1-6H3,(H,38,41,42);21-22,24-25,30H,3-17,20H2,1-2H3,(H,28,31,32);4-16H,1-3H3;3-4,6-7,13H,2H2,1H3,(H,11,14,15);3*2H,1H3/i6D;2D;;1D;3*2T. The maximum absolute atomic E-state index is 12.8. The minimum atomic E-state index is -1.54. The Morgan fingerprint density at radius 2 is 0.856 bits per heavy atom. The van der Waals surface area contributed by atoms with Crippen molar-refractivity contribution in [2.24, 2.45) is 0 Å². The molecule has 8 N–H and O–H groups in total. The van der Waals surface area contributed by atoms with Crippen molar-refractivity contribution in [1.82, 2.24) is 33.3 Å². The summed E-state index contributed by atoms with van der Waals surface area (Å²) < 4.78 is 86.3. The third kappa shape index (κ3) is 40.0. The second kappa shape index (κ2) is 65.2. The zero-order valence-electron chi connectivity index (χ0n) is 82.4. The highest BCUT2D eigenvalue weighted by atomic mass is 127. The molecule has 3 aromatic carbocycles. The second-order valence-electron chi connectivity index (χ2n) is 31.7. The summed E-state index contributed by atoms with van der Waals surface area (Å²) in [6, 6.07) is 29.5. The van der Waals surface area contributed by atoms with E-state index in [1.807, 2.05) is 52.9 Å². The molecule has 0 radical (unpaired) electrons. The smallest absolute Gasteiger partial charge is 0.330 e. The average molecular weight is 1880 g/mol. The molecule has 125 heavy (non-hydrogen) atoms. The van der Waals surface area contributed by atoms with Gasteiger partial charge in [-0.3, -0.25) is 43.0 Å². The van der Waals surface area contributed by atoms with Gasteiger partial charge >= 0.3 is 17.1 Å². The average Bonchev–Trinajstić information content (AvgIpc) is 1.35. The zero-order chi connectivity index (χ0) is 96.7. The normalized spacial score (nSPS) is 18.8. The number of hydrogen-bond donors (Lipinski definition) is 8. The number of H-pyrrole nitrogens is 3. The summed E-state index contributed by atoms with van der Waals surface area (Å²) in [6.45, 7) is 15.1. The quantitative estimate of drug-likeness (QED) is 0.00579. The Kier molecular flexibility index (Phi) is 52.9. The summed E-state index contributed by atoms with van der Waals surface area (Å²) in [6.07, 6.45) is 37.4. The van der Waals surface area contributed by atoms with E-state index in [-0.39, 0.29) is 75.2 Å². The fraction of sp³-hybridized carbons (Fsp3) is 0.639. The van der Waals surface area contributed by atoms with Crippen molar-refractivity contribution in [1.29, 1.82) is 9.56 Å². The Labute approximate surface area is 767 Å². The van der Waals surface area contributed by atoms with Crippen LogP contribution >= 0.6 is 31.1 Å². The number of nitrogens with one attached hydrogen (secondary N) is 3. The van der Waals surface area contributed by atoms with Crippen molar-refractivity contribution in [3.8, 4) is 41.2 Å². The molecule has 3 aliphatic rings. The van der Waals surface area contributed by atoms with Gasteiger partial charge in [-0.1, -0.05) is 259 Å². The van der Waals surface area contributed by atoms with Crippen LogP contribution < -0.4 is 43.2 Å². The zero-order valence-corrected chi connectivity index (χ0v) is 79.5. The maximum Gasteiger partial charge on any atom is 0.330 e. The number of aromatic amines is 3. The fourth-order valence-electron chi connectivity index (χ4n) is 14.7. The van der Waals surface area contributed by atoms with E-state index < -0.39 is 97.6 Å². The molecule has 3 saturated heterocycles. The Hall–Kier alpha value is -7.37. The molecule has 28 heteroatoms. The fourth-order valence-corrected chi connectivity index (χ4v) is 16.9. The molecule has 26 nitrogen and oxygen atoms in total. The number of nitriles is 1. The molecule has 0 aliphatic carbocycles. The number of methoxy groups -OCH3 is 2. The highest BCUT2D eigenvalue weighted by Gasteiger charge is 2.40. The van der Waals surface area contributed by atoms with Gasteiger partial charge in [0.05, 0.1) is 73.5 Å². The highest BCUT2D eigenvalue weighted by Crippen LogP contribution is 2.50. The van der Waals surface area contributed by atoms with E-state index in [0.29, 0.717) is 16.4 Å². The Bertz CT molecular complexity index is 4540. The molecule has 10 atom stereocenters. The van der Waals surface area contributed by atoms with Gasteiger partial charge in [-0.2, -0.15) is 5.26 Å². The summed E-state index contributed by atoms with van der Waals surface area (Å²) in [7, 11) is 5.72. The van der Waals surface area contributed by atoms with Crippen LogP contribution in [-0.4, -0.2) is 154 Å². The first-order chi connectivity index (χ1) is 63.2. The number of unbranched alkanes of at least 4 members (excludes halogenated alkanes) is 28. The van der Waals surface area contributed by atoms with Gasteiger partial charge in [-0.25, -0.2) is 19.1 Å². The molecule has 10 unspecified atom stereocenters. The number of halogens is 1. The minimum absolute atomic E-state index is 0.0597. The van der Waals surface area contributed by atoms with Crippen LogP contribution in [0.4, 0.5) is 0 Å². The van der Waals surface area contributed by atoms with Gasteiger partial charge in [0, 0.05) is 93.6 Å². The highest BCUT2D eigenvalue weighted by molar-refractivity contribution is 14.1. The van der Waals surface area contributed by atoms with Crippen LogP contribution in [0.15, 0.2) is 126 Å². The van der Waals surface area contributed by atoms with E-state index in [1.165, 1.54) is 224 Å². The number of rotatable bonds is 44. The molecule has 3 fully saturated rings. The van der Waals surface area contributed by atoms with Crippen LogP contribution in [0.2, 0.25) is 0 Å². The van der Waals surface area contributed by atoms with E-state index in [4.69, 9.17) is 46.4 Å². The van der Waals surface area contributed by atoms with Crippen molar-refractivity contribution < 1.29 is 62.4 Å². The number of benzene rings is 3. The van der Waals surface area contributed by atoms with Gasteiger partial charge in [-0.05, 0) is 132 Å². The lowest BCUT2D eigenvalue weighted by atomic mass is 9.71. The van der Waals surface area contributed by atoms with E-state index in [9.17, 15) is 39.0 Å². The van der Waals surface area contributed by atoms with Crippen molar-refractivity contribution in [3.63, 3.8) is 0 Å².